The van der Waals surface area contributed by atoms with Gasteiger partial charge in [0, 0.05) is 5.56 Å². The van der Waals surface area contributed by atoms with Gasteiger partial charge < -0.3 is 9.47 Å². The number of hydrogen-bond donors (Lipinski definition) is 0. The first kappa shape index (κ1) is 13.1. The Labute approximate surface area is 111 Å². The highest BCUT2D eigenvalue weighted by atomic mass is 35.5. The Morgan fingerprint density at radius 3 is 2.89 bits per heavy atom. The van der Waals surface area contributed by atoms with Gasteiger partial charge in [0.25, 0.3) is 0 Å². The van der Waals surface area contributed by atoms with Crippen LogP contribution in [0.5, 0.6) is 0 Å². The van der Waals surface area contributed by atoms with Gasteiger partial charge in [0.2, 0.25) is 11.1 Å². The van der Waals surface area contributed by atoms with E-state index in [2.05, 4.69) is 4.99 Å². The molecule has 0 amide bonds. The number of hydrogen-bond acceptors (Lipinski definition) is 4. The Bertz CT molecular complexity index is 461. The Kier molecular flexibility index (Phi) is 3.99. The zero-order chi connectivity index (χ0) is 13.0. The van der Waals surface area contributed by atoms with Crippen molar-refractivity contribution in [2.24, 2.45) is 4.99 Å². The maximum absolute atomic E-state index is 10.6. The van der Waals surface area contributed by atoms with E-state index in [0.29, 0.717) is 19.1 Å². The molecule has 0 saturated heterocycles. The maximum atomic E-state index is 10.6. The summed E-state index contributed by atoms with van der Waals surface area (Å²) >= 11 is 5.20. The fourth-order valence-corrected chi connectivity index (χ4v) is 1.76. The Morgan fingerprint density at radius 2 is 2.22 bits per heavy atom. The molecule has 1 atom stereocenters. The standard InChI is InChI=1S/C13H14ClNO3/c1-13(8-17-7-11(14)16)9-18-12(15-13)10-5-3-2-4-6-10/h2-6H,7-9H2,1H3. The largest absolute Gasteiger partial charge is 0.475 e. The average Bonchev–Trinajstić information content (AvgIpc) is 2.73. The number of benzene rings is 1. The molecule has 0 radical (unpaired) electrons. The minimum atomic E-state index is -0.509. The number of rotatable bonds is 5. The minimum Gasteiger partial charge on any atom is -0.475 e. The summed E-state index contributed by atoms with van der Waals surface area (Å²) in [6.45, 7) is 2.56. The molecule has 96 valence electrons. The van der Waals surface area contributed by atoms with Crippen LogP contribution >= 0.6 is 11.6 Å². The van der Waals surface area contributed by atoms with Crippen LogP contribution in [-0.4, -0.2) is 36.5 Å². The number of nitrogens with zero attached hydrogens (tertiary/aromatic N) is 1. The van der Waals surface area contributed by atoms with E-state index >= 15 is 0 Å². The second kappa shape index (κ2) is 5.50. The first-order valence-corrected chi connectivity index (χ1v) is 6.01. The molecule has 0 saturated carbocycles. The van der Waals surface area contributed by atoms with Crippen molar-refractivity contribution >= 4 is 22.7 Å². The monoisotopic (exact) mass is 267 g/mol. The zero-order valence-corrected chi connectivity index (χ0v) is 10.8. The molecule has 1 aromatic rings. The van der Waals surface area contributed by atoms with Crippen molar-refractivity contribution in [3.05, 3.63) is 35.9 Å². The number of aliphatic imine (C=N–C) groups is 1. The SMILES string of the molecule is CC1(COCC(=O)Cl)COC(c2ccccc2)=N1. The van der Waals surface area contributed by atoms with Crippen LogP contribution in [0.3, 0.4) is 0 Å². The van der Waals surface area contributed by atoms with Crippen LogP contribution < -0.4 is 0 Å². The molecule has 0 bridgehead atoms. The predicted molar refractivity (Wildman–Crippen MR) is 69.0 cm³/mol. The maximum Gasteiger partial charge on any atom is 0.247 e. The molecule has 0 aromatic heterocycles. The van der Waals surface area contributed by atoms with Gasteiger partial charge in [-0.15, -0.1) is 0 Å². The van der Waals surface area contributed by atoms with Gasteiger partial charge in [0.15, 0.2) is 0 Å². The minimum absolute atomic E-state index is 0.104. The molecule has 0 spiro atoms. The average molecular weight is 268 g/mol. The van der Waals surface area contributed by atoms with Crippen molar-refractivity contribution in [3.8, 4) is 0 Å². The lowest BCUT2D eigenvalue weighted by atomic mass is 10.1. The fourth-order valence-electron chi connectivity index (χ4n) is 1.69. The van der Waals surface area contributed by atoms with Crippen LogP contribution in [0.25, 0.3) is 0 Å². The van der Waals surface area contributed by atoms with Gasteiger partial charge in [0.1, 0.15) is 18.8 Å². The summed E-state index contributed by atoms with van der Waals surface area (Å²) in [5.41, 5.74) is 0.479. The zero-order valence-electron chi connectivity index (χ0n) is 10.1. The number of carbonyl (C=O) groups is 1. The lowest BCUT2D eigenvalue weighted by Crippen LogP contribution is -2.31. The Balaban J connectivity index is 2.00. The molecule has 1 aliphatic heterocycles. The van der Waals surface area contributed by atoms with Crippen LogP contribution in [-0.2, 0) is 14.3 Å². The lowest BCUT2D eigenvalue weighted by molar-refractivity contribution is -0.116. The highest BCUT2D eigenvalue weighted by Gasteiger charge is 2.32. The van der Waals surface area contributed by atoms with E-state index in [-0.39, 0.29) is 6.61 Å². The molecule has 1 aliphatic rings. The van der Waals surface area contributed by atoms with Crippen molar-refractivity contribution in [1.29, 1.82) is 0 Å². The molecule has 1 heterocycles. The molecule has 1 aromatic carbocycles. The molecule has 5 heteroatoms. The van der Waals surface area contributed by atoms with Crippen molar-refractivity contribution in [1.82, 2.24) is 0 Å². The van der Waals surface area contributed by atoms with Crippen LogP contribution in [0.15, 0.2) is 35.3 Å². The molecule has 1 unspecified atom stereocenters. The van der Waals surface area contributed by atoms with Gasteiger partial charge in [0.05, 0.1) is 6.61 Å². The Morgan fingerprint density at radius 1 is 1.50 bits per heavy atom. The first-order chi connectivity index (χ1) is 8.59. The van der Waals surface area contributed by atoms with Gasteiger partial charge in [-0.3, -0.25) is 4.79 Å². The van der Waals surface area contributed by atoms with E-state index < -0.39 is 10.8 Å². The number of carbonyl (C=O) groups excluding carboxylic acids is 1. The molecule has 4 nitrogen and oxygen atoms in total. The summed E-state index contributed by atoms with van der Waals surface area (Å²) in [4.78, 5) is 15.1. The van der Waals surface area contributed by atoms with Gasteiger partial charge in [-0.2, -0.15) is 0 Å². The summed E-state index contributed by atoms with van der Waals surface area (Å²) in [6, 6.07) is 9.67. The predicted octanol–water partition coefficient (Wildman–Crippen LogP) is 2.00. The van der Waals surface area contributed by atoms with Crippen LogP contribution in [0.1, 0.15) is 12.5 Å². The van der Waals surface area contributed by atoms with Gasteiger partial charge in [-0.25, -0.2) is 4.99 Å². The number of ether oxygens (including phenoxy) is 2. The van der Waals surface area contributed by atoms with E-state index in [1.165, 1.54) is 0 Å². The molecule has 2 rings (SSSR count). The van der Waals surface area contributed by atoms with E-state index in [4.69, 9.17) is 21.1 Å². The molecular weight excluding hydrogens is 254 g/mol. The number of halogens is 1. The van der Waals surface area contributed by atoms with E-state index in [9.17, 15) is 4.79 Å². The van der Waals surface area contributed by atoms with Gasteiger partial charge in [-0.05, 0) is 30.7 Å². The molecule has 0 N–H and O–H groups in total. The molecular formula is C13H14ClNO3. The van der Waals surface area contributed by atoms with E-state index in [1.54, 1.807) is 0 Å². The molecule has 0 fully saturated rings. The van der Waals surface area contributed by atoms with Crippen LogP contribution in [0.2, 0.25) is 0 Å². The van der Waals surface area contributed by atoms with Gasteiger partial charge in [-0.1, -0.05) is 18.2 Å². The molecule has 0 aliphatic carbocycles. The van der Waals surface area contributed by atoms with Crippen LogP contribution in [0.4, 0.5) is 0 Å². The summed E-state index contributed by atoms with van der Waals surface area (Å²) in [6.07, 6.45) is 0. The Hall–Kier alpha value is -1.39. The van der Waals surface area contributed by atoms with Crippen molar-refractivity contribution in [3.63, 3.8) is 0 Å². The third kappa shape index (κ3) is 3.31. The summed E-state index contributed by atoms with van der Waals surface area (Å²) in [5.74, 6) is 0.610. The van der Waals surface area contributed by atoms with Crippen LogP contribution in [0, 0.1) is 0 Å². The summed E-state index contributed by atoms with van der Waals surface area (Å²) < 4.78 is 10.8. The third-order valence-corrected chi connectivity index (χ3v) is 2.65. The summed E-state index contributed by atoms with van der Waals surface area (Å²) in [5, 5.41) is -0.509. The highest BCUT2D eigenvalue weighted by Crippen LogP contribution is 2.21. The quantitative estimate of drug-likeness (QED) is 0.767. The molecule has 18 heavy (non-hydrogen) atoms. The third-order valence-electron chi connectivity index (χ3n) is 2.54. The smallest absolute Gasteiger partial charge is 0.247 e. The second-order valence-electron chi connectivity index (χ2n) is 4.42. The fraction of sp³-hybridized carbons (Fsp3) is 0.385. The van der Waals surface area contributed by atoms with Crippen molar-refractivity contribution in [2.75, 3.05) is 19.8 Å². The second-order valence-corrected chi connectivity index (χ2v) is 4.84. The summed E-state index contributed by atoms with van der Waals surface area (Å²) in [7, 11) is 0. The van der Waals surface area contributed by atoms with Gasteiger partial charge >= 0.3 is 0 Å². The highest BCUT2D eigenvalue weighted by molar-refractivity contribution is 6.63. The normalized spacial score (nSPS) is 22.4. The topological polar surface area (TPSA) is 47.9 Å². The van der Waals surface area contributed by atoms with E-state index in [1.807, 2.05) is 37.3 Å². The lowest BCUT2D eigenvalue weighted by Gasteiger charge is -2.17. The van der Waals surface area contributed by atoms with Crippen molar-refractivity contribution < 1.29 is 14.3 Å². The van der Waals surface area contributed by atoms with E-state index in [0.717, 1.165) is 5.56 Å². The first-order valence-electron chi connectivity index (χ1n) is 5.63. The van der Waals surface area contributed by atoms with Crippen molar-refractivity contribution in [2.45, 2.75) is 12.5 Å².